The smallest absolute Gasteiger partial charge is 0.165 e. The molecule has 4 heterocycles. The number of pyridine rings is 2. The summed E-state index contributed by atoms with van der Waals surface area (Å²) in [6, 6.07) is 54.9. The molecular formula is C47H28N6S. The standard InChI is InChI=1S/C47H28N6S/c1-3-17-32-29(12-1)14-7-19-34(32)45-50-46(35-20-8-15-30-13-2-4-18-33(30)35)52-47(51-45)37-21-9-24-39-44(37)54-41-25-6-5-23-38(41)53(39)40-28-31-16-10-26-48-42(31)43-36(40)22-11-27-49-43/h1-28H. The molecule has 7 heteroatoms. The maximum atomic E-state index is 5.31. The Bertz CT molecular complexity index is 3020. The summed E-state index contributed by atoms with van der Waals surface area (Å²) < 4.78 is 0. The maximum absolute atomic E-state index is 5.31. The SMILES string of the molecule is c1ccc2c(c1)Sc1c(-c3nc(-c4cccc5ccccc45)nc(-c4cccc5ccccc45)n3)cccc1N2c1cc2cccnc2c2ncccc12. The van der Waals surface area contributed by atoms with Crippen LogP contribution in [0.2, 0.25) is 0 Å². The number of fused-ring (bicyclic) bond motifs is 7. The highest BCUT2D eigenvalue weighted by molar-refractivity contribution is 8.00. The summed E-state index contributed by atoms with van der Waals surface area (Å²) in [4.78, 5) is 30.0. The second-order valence-corrected chi connectivity index (χ2v) is 14.3. The molecule has 1 aliphatic rings. The zero-order valence-corrected chi connectivity index (χ0v) is 29.6. The summed E-state index contributed by atoms with van der Waals surface area (Å²) >= 11 is 1.75. The summed E-state index contributed by atoms with van der Waals surface area (Å²) in [6.45, 7) is 0. The number of hydrogen-bond acceptors (Lipinski definition) is 7. The first-order valence-electron chi connectivity index (χ1n) is 17.8. The molecule has 0 spiro atoms. The second kappa shape index (κ2) is 12.3. The van der Waals surface area contributed by atoms with E-state index in [-0.39, 0.29) is 0 Å². The van der Waals surface area contributed by atoms with Crippen molar-refractivity contribution in [2.75, 3.05) is 4.90 Å². The molecule has 252 valence electrons. The fourth-order valence-electron chi connectivity index (χ4n) is 7.73. The van der Waals surface area contributed by atoms with Crippen LogP contribution in [0.15, 0.2) is 180 Å². The predicted molar refractivity (Wildman–Crippen MR) is 221 cm³/mol. The molecule has 3 aromatic heterocycles. The van der Waals surface area contributed by atoms with Crippen LogP contribution in [-0.4, -0.2) is 24.9 Å². The Morgan fingerprint density at radius 2 is 0.907 bits per heavy atom. The number of aromatic nitrogens is 5. The molecule has 0 N–H and O–H groups in total. The van der Waals surface area contributed by atoms with Gasteiger partial charge in [-0.15, -0.1) is 0 Å². The fraction of sp³-hybridized carbons (Fsp3) is 0. The van der Waals surface area contributed by atoms with Crippen molar-refractivity contribution in [3.8, 4) is 34.2 Å². The van der Waals surface area contributed by atoms with Crippen LogP contribution in [0.3, 0.4) is 0 Å². The van der Waals surface area contributed by atoms with Crippen molar-refractivity contribution >= 4 is 72.2 Å². The van der Waals surface area contributed by atoms with E-state index in [4.69, 9.17) is 24.9 Å². The van der Waals surface area contributed by atoms with Gasteiger partial charge in [0.1, 0.15) is 0 Å². The maximum Gasteiger partial charge on any atom is 0.165 e. The minimum absolute atomic E-state index is 0.619. The molecular weight excluding hydrogens is 681 g/mol. The number of para-hydroxylation sites is 1. The molecule has 7 aromatic carbocycles. The minimum Gasteiger partial charge on any atom is -0.307 e. The second-order valence-electron chi connectivity index (χ2n) is 13.3. The molecule has 0 bridgehead atoms. The van der Waals surface area contributed by atoms with E-state index >= 15 is 0 Å². The third kappa shape index (κ3) is 4.86. The molecule has 0 atom stereocenters. The van der Waals surface area contributed by atoms with Crippen molar-refractivity contribution < 1.29 is 0 Å². The molecule has 0 amide bonds. The Hall–Kier alpha value is -6.96. The third-order valence-electron chi connectivity index (χ3n) is 10.2. The van der Waals surface area contributed by atoms with Crippen molar-refractivity contribution in [1.82, 2.24) is 24.9 Å². The zero-order valence-electron chi connectivity index (χ0n) is 28.8. The van der Waals surface area contributed by atoms with Gasteiger partial charge in [0, 0.05) is 49.6 Å². The van der Waals surface area contributed by atoms with Gasteiger partial charge in [0.05, 0.1) is 28.1 Å². The lowest BCUT2D eigenvalue weighted by Crippen LogP contribution is -2.16. The Morgan fingerprint density at radius 1 is 0.389 bits per heavy atom. The minimum atomic E-state index is 0.619. The lowest BCUT2D eigenvalue weighted by molar-refractivity contribution is 1.07. The van der Waals surface area contributed by atoms with Crippen LogP contribution in [0, 0.1) is 0 Å². The first kappa shape index (κ1) is 30.6. The van der Waals surface area contributed by atoms with Gasteiger partial charge in [-0.3, -0.25) is 9.97 Å². The largest absolute Gasteiger partial charge is 0.307 e. The van der Waals surface area contributed by atoms with Crippen molar-refractivity contribution in [2.24, 2.45) is 0 Å². The van der Waals surface area contributed by atoms with E-state index in [1.807, 2.05) is 24.5 Å². The van der Waals surface area contributed by atoms with E-state index in [0.717, 1.165) is 86.9 Å². The Labute approximate surface area is 314 Å². The Morgan fingerprint density at radius 3 is 1.65 bits per heavy atom. The first-order valence-corrected chi connectivity index (χ1v) is 18.7. The van der Waals surface area contributed by atoms with Crippen molar-refractivity contribution in [3.63, 3.8) is 0 Å². The molecule has 1 aliphatic heterocycles. The topological polar surface area (TPSA) is 67.7 Å². The van der Waals surface area contributed by atoms with Gasteiger partial charge < -0.3 is 4.90 Å². The number of benzene rings is 7. The van der Waals surface area contributed by atoms with Crippen molar-refractivity contribution in [2.45, 2.75) is 9.79 Å². The fourth-order valence-corrected chi connectivity index (χ4v) is 8.90. The quantitative estimate of drug-likeness (QED) is 0.169. The van der Waals surface area contributed by atoms with Gasteiger partial charge in [0.2, 0.25) is 0 Å². The summed E-state index contributed by atoms with van der Waals surface area (Å²) in [5.41, 5.74) is 7.81. The van der Waals surface area contributed by atoms with E-state index in [2.05, 4.69) is 150 Å². The normalized spacial score (nSPS) is 12.3. The molecule has 0 radical (unpaired) electrons. The van der Waals surface area contributed by atoms with Gasteiger partial charge in [0.15, 0.2) is 17.5 Å². The van der Waals surface area contributed by atoms with Crippen LogP contribution in [0.4, 0.5) is 17.1 Å². The zero-order chi connectivity index (χ0) is 35.6. The van der Waals surface area contributed by atoms with E-state index in [0.29, 0.717) is 17.5 Å². The van der Waals surface area contributed by atoms with Crippen molar-refractivity contribution in [1.29, 1.82) is 0 Å². The first-order chi connectivity index (χ1) is 26.8. The number of hydrogen-bond donors (Lipinski definition) is 0. The van der Waals surface area contributed by atoms with Crippen LogP contribution < -0.4 is 4.90 Å². The lowest BCUT2D eigenvalue weighted by Gasteiger charge is -2.34. The average Bonchev–Trinajstić information content (AvgIpc) is 3.24. The third-order valence-corrected chi connectivity index (χ3v) is 11.4. The predicted octanol–water partition coefficient (Wildman–Crippen LogP) is 12.2. The van der Waals surface area contributed by atoms with Gasteiger partial charge >= 0.3 is 0 Å². The molecule has 0 saturated carbocycles. The monoisotopic (exact) mass is 708 g/mol. The molecule has 11 rings (SSSR count). The molecule has 0 aliphatic carbocycles. The summed E-state index contributed by atoms with van der Waals surface area (Å²) in [5, 5.41) is 6.52. The van der Waals surface area contributed by atoms with Gasteiger partial charge in [-0.1, -0.05) is 121 Å². The molecule has 0 unspecified atom stereocenters. The molecule has 0 fully saturated rings. The van der Waals surface area contributed by atoms with Crippen LogP contribution in [0.25, 0.3) is 77.5 Å². The molecule has 54 heavy (non-hydrogen) atoms. The van der Waals surface area contributed by atoms with E-state index < -0.39 is 0 Å². The number of nitrogens with zero attached hydrogens (tertiary/aromatic N) is 6. The van der Waals surface area contributed by atoms with E-state index in [9.17, 15) is 0 Å². The highest BCUT2D eigenvalue weighted by Crippen LogP contribution is 2.55. The van der Waals surface area contributed by atoms with E-state index in [1.165, 1.54) is 0 Å². The van der Waals surface area contributed by atoms with Gasteiger partial charge in [-0.2, -0.15) is 0 Å². The Balaban J connectivity index is 1.18. The highest BCUT2D eigenvalue weighted by Gasteiger charge is 2.30. The van der Waals surface area contributed by atoms with Crippen LogP contribution in [0.1, 0.15) is 0 Å². The number of rotatable bonds is 4. The van der Waals surface area contributed by atoms with E-state index in [1.54, 1.807) is 11.8 Å². The summed E-state index contributed by atoms with van der Waals surface area (Å²) in [6.07, 6.45) is 3.67. The van der Waals surface area contributed by atoms with Gasteiger partial charge in [-0.25, -0.2) is 15.0 Å². The molecule has 10 aromatic rings. The molecule has 6 nitrogen and oxygen atoms in total. The van der Waals surface area contributed by atoms with Crippen LogP contribution in [-0.2, 0) is 0 Å². The summed E-state index contributed by atoms with van der Waals surface area (Å²) in [7, 11) is 0. The average molecular weight is 709 g/mol. The lowest BCUT2D eigenvalue weighted by atomic mass is 10.0. The number of anilines is 3. The van der Waals surface area contributed by atoms with Crippen LogP contribution in [0.5, 0.6) is 0 Å². The van der Waals surface area contributed by atoms with Gasteiger partial charge in [0.25, 0.3) is 0 Å². The van der Waals surface area contributed by atoms with Gasteiger partial charge in [-0.05, 0) is 70.1 Å². The van der Waals surface area contributed by atoms with Crippen molar-refractivity contribution in [3.05, 3.63) is 170 Å². The highest BCUT2D eigenvalue weighted by atomic mass is 32.2. The molecule has 0 saturated heterocycles. The summed E-state index contributed by atoms with van der Waals surface area (Å²) in [5.74, 6) is 1.89. The Kier molecular flexibility index (Phi) is 7.00. The van der Waals surface area contributed by atoms with Crippen LogP contribution >= 0.6 is 11.8 Å².